The zero-order chi connectivity index (χ0) is 11.0. The Morgan fingerprint density at radius 3 is 2.64 bits per heavy atom. The first-order valence-electron chi connectivity index (χ1n) is 4.30. The zero-order valence-corrected chi connectivity index (χ0v) is 9.05. The Labute approximate surface area is 84.1 Å². The second-order valence-corrected chi connectivity index (χ2v) is 5.33. The van der Waals surface area contributed by atoms with Gasteiger partial charge in [0.1, 0.15) is 15.7 Å². The first-order valence-corrected chi connectivity index (χ1v) is 6.36. The molecule has 0 rings (SSSR count). The summed E-state index contributed by atoms with van der Waals surface area (Å²) in [7, 11) is -2.88. The number of nitrogens with one attached hydrogen (secondary N) is 1. The third kappa shape index (κ3) is 9.27. The van der Waals surface area contributed by atoms with Crippen LogP contribution in [0.2, 0.25) is 0 Å². The number of hydrogen-bond donors (Lipinski definition) is 3. The number of amidine groups is 1. The molecule has 0 amide bonds. The van der Waals surface area contributed by atoms with Gasteiger partial charge in [-0.3, -0.25) is 0 Å². The molecule has 7 heteroatoms. The summed E-state index contributed by atoms with van der Waals surface area (Å²) < 4.78 is 21.4. The average Bonchev–Trinajstić information content (AvgIpc) is 2.08. The van der Waals surface area contributed by atoms with Gasteiger partial charge in [-0.05, 0) is 13.0 Å². The highest BCUT2D eigenvalue weighted by Gasteiger charge is 2.00. The normalized spacial score (nSPS) is 13.1. The molecule has 0 aromatic heterocycles. The lowest BCUT2D eigenvalue weighted by atomic mass is 10.3. The first kappa shape index (κ1) is 13.2. The molecule has 0 fully saturated rings. The van der Waals surface area contributed by atoms with Gasteiger partial charge in [0.2, 0.25) is 0 Å². The molecule has 0 bridgehead atoms. The summed E-state index contributed by atoms with van der Waals surface area (Å²) in [6, 6.07) is 0. The smallest absolute Gasteiger partial charge is 0.148 e. The maximum atomic E-state index is 10.7. The van der Waals surface area contributed by atoms with Crippen molar-refractivity contribution in [3.63, 3.8) is 0 Å². The van der Waals surface area contributed by atoms with E-state index in [1.807, 2.05) is 0 Å². The number of oxime groups is 1. The van der Waals surface area contributed by atoms with Crippen molar-refractivity contribution in [2.75, 3.05) is 25.1 Å². The molecule has 0 aromatic carbocycles. The highest BCUT2D eigenvalue weighted by atomic mass is 32.2. The summed E-state index contributed by atoms with van der Waals surface area (Å²) >= 11 is 0. The van der Waals surface area contributed by atoms with Crippen LogP contribution in [0.15, 0.2) is 5.16 Å². The molecular formula is C7H17N3O3S. The molecule has 0 saturated heterocycles. The molecule has 0 spiro atoms. The molecular weight excluding hydrogens is 206 g/mol. The number of sulfone groups is 1. The van der Waals surface area contributed by atoms with Crippen LogP contribution in [0.4, 0.5) is 0 Å². The van der Waals surface area contributed by atoms with Crippen LogP contribution < -0.4 is 11.1 Å². The quantitative estimate of drug-likeness (QED) is 0.171. The van der Waals surface area contributed by atoms with Crippen LogP contribution in [0.5, 0.6) is 0 Å². The summed E-state index contributed by atoms with van der Waals surface area (Å²) in [4.78, 5) is 0. The monoisotopic (exact) mass is 223 g/mol. The van der Waals surface area contributed by atoms with Crippen LogP contribution in [0.1, 0.15) is 12.8 Å². The van der Waals surface area contributed by atoms with Crippen molar-refractivity contribution >= 4 is 15.7 Å². The number of rotatable bonds is 7. The molecule has 6 nitrogen and oxygen atoms in total. The number of nitrogens with zero attached hydrogens (tertiary/aromatic N) is 1. The molecule has 0 aliphatic carbocycles. The minimum atomic E-state index is -2.88. The highest BCUT2D eigenvalue weighted by Crippen LogP contribution is 1.86. The summed E-state index contributed by atoms with van der Waals surface area (Å²) in [6.07, 6.45) is 2.42. The highest BCUT2D eigenvalue weighted by molar-refractivity contribution is 7.90. The lowest BCUT2D eigenvalue weighted by molar-refractivity contribution is 0.316. The van der Waals surface area contributed by atoms with E-state index in [9.17, 15) is 8.42 Å². The molecule has 14 heavy (non-hydrogen) atoms. The Morgan fingerprint density at radius 2 is 2.14 bits per heavy atom. The van der Waals surface area contributed by atoms with E-state index < -0.39 is 9.84 Å². The van der Waals surface area contributed by atoms with E-state index in [4.69, 9.17) is 10.9 Å². The summed E-state index contributed by atoms with van der Waals surface area (Å²) in [5, 5.41) is 14.0. The van der Waals surface area contributed by atoms with Crippen molar-refractivity contribution in [1.82, 2.24) is 5.32 Å². The minimum absolute atomic E-state index is 0.135. The van der Waals surface area contributed by atoms with Gasteiger partial charge in [-0.1, -0.05) is 5.16 Å². The first-order chi connectivity index (χ1) is 6.45. The lowest BCUT2D eigenvalue weighted by Crippen LogP contribution is -2.24. The predicted octanol–water partition coefficient (Wildman–Crippen LogP) is -0.853. The van der Waals surface area contributed by atoms with E-state index >= 15 is 0 Å². The summed E-state index contributed by atoms with van der Waals surface area (Å²) in [5.74, 6) is 0.325. The van der Waals surface area contributed by atoms with Crippen molar-refractivity contribution in [2.45, 2.75) is 12.8 Å². The van der Waals surface area contributed by atoms with Gasteiger partial charge in [-0.15, -0.1) is 0 Å². The second-order valence-electron chi connectivity index (χ2n) is 3.07. The standard InChI is InChI=1S/C7H17N3O3S/c1-14(12,13)6-5-9-4-2-3-7(8)10-11/h9,11H,2-6H2,1H3,(H2,8,10). The van der Waals surface area contributed by atoms with E-state index in [0.717, 1.165) is 6.42 Å². The molecule has 0 atom stereocenters. The fraction of sp³-hybridized carbons (Fsp3) is 0.857. The van der Waals surface area contributed by atoms with E-state index in [-0.39, 0.29) is 11.6 Å². The van der Waals surface area contributed by atoms with Crippen molar-refractivity contribution in [3.05, 3.63) is 0 Å². The Morgan fingerprint density at radius 1 is 1.50 bits per heavy atom. The van der Waals surface area contributed by atoms with E-state index in [1.165, 1.54) is 6.26 Å². The Hall–Kier alpha value is -0.820. The Bertz CT molecular complexity index is 274. The molecule has 84 valence electrons. The summed E-state index contributed by atoms with van der Waals surface area (Å²) in [5.41, 5.74) is 5.23. The van der Waals surface area contributed by atoms with Gasteiger partial charge in [0.05, 0.1) is 5.75 Å². The summed E-state index contributed by atoms with van der Waals surface area (Å²) in [6.45, 7) is 1.10. The van der Waals surface area contributed by atoms with Crippen molar-refractivity contribution in [1.29, 1.82) is 0 Å². The van der Waals surface area contributed by atoms with E-state index in [1.54, 1.807) is 0 Å². The third-order valence-corrected chi connectivity index (χ3v) is 2.51. The van der Waals surface area contributed by atoms with Crippen LogP contribution in [0.3, 0.4) is 0 Å². The fourth-order valence-electron chi connectivity index (χ4n) is 0.827. The van der Waals surface area contributed by atoms with Crippen LogP contribution in [0.25, 0.3) is 0 Å². The van der Waals surface area contributed by atoms with E-state index in [2.05, 4.69) is 10.5 Å². The van der Waals surface area contributed by atoms with Gasteiger partial charge in [-0.25, -0.2) is 8.42 Å². The Balaban J connectivity index is 3.31. The van der Waals surface area contributed by atoms with Crippen molar-refractivity contribution in [2.24, 2.45) is 10.9 Å². The predicted molar refractivity (Wildman–Crippen MR) is 55.2 cm³/mol. The third-order valence-electron chi connectivity index (χ3n) is 1.56. The maximum Gasteiger partial charge on any atom is 0.148 e. The topological polar surface area (TPSA) is 105 Å². The molecule has 0 aliphatic rings. The molecule has 0 heterocycles. The Kier molecular flexibility index (Phi) is 6.22. The van der Waals surface area contributed by atoms with Gasteiger partial charge < -0.3 is 16.3 Å². The SMILES string of the molecule is CS(=O)(=O)CCNCCCC(N)=NO. The van der Waals surface area contributed by atoms with Crippen LogP contribution in [-0.2, 0) is 9.84 Å². The largest absolute Gasteiger partial charge is 0.409 e. The second kappa shape index (κ2) is 6.61. The molecule has 0 aliphatic heterocycles. The molecule has 0 unspecified atom stereocenters. The van der Waals surface area contributed by atoms with Gasteiger partial charge in [0.15, 0.2) is 0 Å². The number of hydrogen-bond acceptors (Lipinski definition) is 5. The molecule has 0 saturated carbocycles. The lowest BCUT2D eigenvalue weighted by Gasteiger charge is -2.02. The van der Waals surface area contributed by atoms with Crippen molar-refractivity contribution < 1.29 is 13.6 Å². The van der Waals surface area contributed by atoms with E-state index in [0.29, 0.717) is 19.5 Å². The van der Waals surface area contributed by atoms with Crippen LogP contribution >= 0.6 is 0 Å². The van der Waals surface area contributed by atoms with Crippen molar-refractivity contribution in [3.8, 4) is 0 Å². The van der Waals surface area contributed by atoms with Crippen LogP contribution in [-0.4, -0.2) is 44.6 Å². The maximum absolute atomic E-state index is 10.7. The number of nitrogens with two attached hydrogens (primary N) is 1. The molecule has 4 N–H and O–H groups in total. The molecule has 0 radical (unpaired) electrons. The van der Waals surface area contributed by atoms with Gasteiger partial charge in [0.25, 0.3) is 0 Å². The van der Waals surface area contributed by atoms with Gasteiger partial charge >= 0.3 is 0 Å². The van der Waals surface area contributed by atoms with Gasteiger partial charge in [-0.2, -0.15) is 0 Å². The molecule has 0 aromatic rings. The van der Waals surface area contributed by atoms with Crippen LogP contribution in [0, 0.1) is 0 Å². The minimum Gasteiger partial charge on any atom is -0.409 e. The van der Waals surface area contributed by atoms with Gasteiger partial charge in [0, 0.05) is 19.2 Å². The average molecular weight is 223 g/mol. The zero-order valence-electron chi connectivity index (χ0n) is 8.23. The fourth-order valence-corrected chi connectivity index (χ4v) is 1.34.